The maximum absolute atomic E-state index is 10.5. The van der Waals surface area contributed by atoms with Crippen LogP contribution in [-0.4, -0.2) is 14.7 Å². The van der Waals surface area contributed by atoms with Gasteiger partial charge in [-0.05, 0) is 17.7 Å². The molecule has 1 atom stereocenters. The van der Waals surface area contributed by atoms with Gasteiger partial charge in [0.1, 0.15) is 6.10 Å². The summed E-state index contributed by atoms with van der Waals surface area (Å²) in [6.07, 6.45) is 1.08. The Bertz CT molecular complexity index is 710. The highest BCUT2D eigenvalue weighted by atomic mass is 32.2. The van der Waals surface area contributed by atoms with Crippen LogP contribution in [0.2, 0.25) is 0 Å². The Hall–Kier alpha value is -2.04. The molecule has 0 bridgehead atoms. The fraction of sp³-hybridized carbons (Fsp3) is 0.118. The monoisotopic (exact) mass is 296 g/mol. The zero-order valence-corrected chi connectivity index (χ0v) is 12.5. The molecule has 1 N–H and O–H groups in total. The SMILES string of the molecule is Cn1c(C(O)c2ccccc2)cnc1Sc1ccccc1. The third kappa shape index (κ3) is 3.01. The first-order valence-electron chi connectivity index (χ1n) is 6.73. The summed E-state index contributed by atoms with van der Waals surface area (Å²) in [4.78, 5) is 5.55. The van der Waals surface area contributed by atoms with Crippen molar-refractivity contribution >= 4 is 11.8 Å². The molecule has 3 rings (SSSR count). The van der Waals surface area contributed by atoms with E-state index >= 15 is 0 Å². The van der Waals surface area contributed by atoms with Gasteiger partial charge in [0.15, 0.2) is 5.16 Å². The van der Waals surface area contributed by atoms with Crippen molar-refractivity contribution in [1.29, 1.82) is 0 Å². The van der Waals surface area contributed by atoms with Crippen molar-refractivity contribution in [3.8, 4) is 0 Å². The van der Waals surface area contributed by atoms with Crippen LogP contribution in [0, 0.1) is 0 Å². The van der Waals surface area contributed by atoms with E-state index in [2.05, 4.69) is 4.98 Å². The number of imidazole rings is 1. The number of benzene rings is 2. The van der Waals surface area contributed by atoms with Crippen molar-refractivity contribution in [3.63, 3.8) is 0 Å². The standard InChI is InChI=1S/C17H16N2OS/c1-19-15(16(20)13-8-4-2-5-9-13)12-18-17(19)21-14-10-6-3-7-11-14/h2-12,16,20H,1H3. The van der Waals surface area contributed by atoms with E-state index in [0.717, 1.165) is 21.3 Å². The molecule has 0 amide bonds. The predicted molar refractivity (Wildman–Crippen MR) is 84.3 cm³/mol. The second-order valence-corrected chi connectivity index (χ2v) is 5.79. The molecule has 3 nitrogen and oxygen atoms in total. The Balaban J connectivity index is 1.86. The Labute approximate surface area is 128 Å². The number of aliphatic hydroxyl groups is 1. The maximum atomic E-state index is 10.5. The van der Waals surface area contributed by atoms with Gasteiger partial charge in [0.25, 0.3) is 0 Å². The third-order valence-electron chi connectivity index (χ3n) is 3.33. The van der Waals surface area contributed by atoms with Crippen LogP contribution in [0.25, 0.3) is 0 Å². The summed E-state index contributed by atoms with van der Waals surface area (Å²) in [5.74, 6) is 0. The van der Waals surface area contributed by atoms with E-state index in [0.29, 0.717) is 0 Å². The molecule has 0 aliphatic carbocycles. The predicted octanol–water partition coefficient (Wildman–Crippen LogP) is 3.65. The first kappa shape index (κ1) is 13.9. The molecule has 4 heteroatoms. The minimum Gasteiger partial charge on any atom is -0.382 e. The van der Waals surface area contributed by atoms with E-state index < -0.39 is 6.10 Å². The minimum absolute atomic E-state index is 0.658. The quantitative estimate of drug-likeness (QED) is 0.798. The largest absolute Gasteiger partial charge is 0.382 e. The van der Waals surface area contributed by atoms with Gasteiger partial charge in [0.05, 0.1) is 11.9 Å². The molecule has 0 aliphatic rings. The second kappa shape index (κ2) is 6.16. The summed E-state index contributed by atoms with van der Waals surface area (Å²) in [5.41, 5.74) is 1.66. The van der Waals surface area contributed by atoms with Crippen LogP contribution in [-0.2, 0) is 7.05 Å². The highest BCUT2D eigenvalue weighted by Crippen LogP contribution is 2.29. The maximum Gasteiger partial charge on any atom is 0.172 e. The molecule has 1 unspecified atom stereocenters. The summed E-state index contributed by atoms with van der Waals surface area (Å²) in [6.45, 7) is 0. The topological polar surface area (TPSA) is 38.0 Å². The summed E-state index contributed by atoms with van der Waals surface area (Å²) >= 11 is 1.59. The lowest BCUT2D eigenvalue weighted by Gasteiger charge is -2.12. The van der Waals surface area contributed by atoms with Crippen molar-refractivity contribution in [2.45, 2.75) is 16.2 Å². The van der Waals surface area contributed by atoms with Gasteiger partial charge >= 0.3 is 0 Å². The minimum atomic E-state index is -0.658. The highest BCUT2D eigenvalue weighted by molar-refractivity contribution is 7.99. The van der Waals surface area contributed by atoms with Gasteiger partial charge in [-0.25, -0.2) is 4.98 Å². The van der Waals surface area contributed by atoms with Crippen LogP contribution in [0.4, 0.5) is 0 Å². The molecular weight excluding hydrogens is 280 g/mol. The van der Waals surface area contributed by atoms with Gasteiger partial charge in [-0.15, -0.1) is 0 Å². The Morgan fingerprint density at radius 3 is 2.29 bits per heavy atom. The van der Waals surface area contributed by atoms with Gasteiger partial charge < -0.3 is 9.67 Å². The molecule has 1 heterocycles. The Morgan fingerprint density at radius 1 is 1.00 bits per heavy atom. The smallest absolute Gasteiger partial charge is 0.172 e. The molecule has 0 saturated heterocycles. The first-order chi connectivity index (χ1) is 10.3. The molecule has 0 spiro atoms. The van der Waals surface area contributed by atoms with Gasteiger partial charge in [0, 0.05) is 11.9 Å². The number of rotatable bonds is 4. The van der Waals surface area contributed by atoms with Crippen molar-refractivity contribution in [2.24, 2.45) is 7.05 Å². The fourth-order valence-electron chi connectivity index (χ4n) is 2.15. The molecule has 0 radical (unpaired) electrons. The molecule has 0 saturated carbocycles. The molecule has 3 aromatic rings. The molecule has 0 aliphatic heterocycles. The number of aliphatic hydroxyl groups excluding tert-OH is 1. The molecule has 2 aromatic carbocycles. The zero-order chi connectivity index (χ0) is 14.7. The normalized spacial score (nSPS) is 12.3. The second-order valence-electron chi connectivity index (χ2n) is 4.75. The average molecular weight is 296 g/mol. The first-order valence-corrected chi connectivity index (χ1v) is 7.55. The summed E-state index contributed by atoms with van der Waals surface area (Å²) in [5, 5.41) is 11.3. The summed E-state index contributed by atoms with van der Waals surface area (Å²) in [7, 11) is 1.93. The van der Waals surface area contributed by atoms with Crippen molar-refractivity contribution in [1.82, 2.24) is 9.55 Å². The average Bonchev–Trinajstić information content (AvgIpc) is 2.89. The van der Waals surface area contributed by atoms with E-state index in [4.69, 9.17) is 0 Å². The summed E-state index contributed by atoms with van der Waals surface area (Å²) in [6, 6.07) is 19.7. The van der Waals surface area contributed by atoms with Crippen LogP contribution in [0.15, 0.2) is 76.9 Å². The van der Waals surface area contributed by atoms with Gasteiger partial charge in [0.2, 0.25) is 0 Å². The third-order valence-corrected chi connectivity index (χ3v) is 4.40. The van der Waals surface area contributed by atoms with E-state index in [-0.39, 0.29) is 0 Å². The van der Waals surface area contributed by atoms with Crippen LogP contribution >= 0.6 is 11.8 Å². The lowest BCUT2D eigenvalue weighted by Crippen LogP contribution is -2.06. The zero-order valence-electron chi connectivity index (χ0n) is 11.7. The lowest BCUT2D eigenvalue weighted by molar-refractivity contribution is 0.210. The van der Waals surface area contributed by atoms with Crippen molar-refractivity contribution in [2.75, 3.05) is 0 Å². The van der Waals surface area contributed by atoms with Gasteiger partial charge in [-0.1, -0.05) is 60.3 Å². The number of hydrogen-bond acceptors (Lipinski definition) is 3. The van der Waals surface area contributed by atoms with E-state index in [1.165, 1.54) is 0 Å². The van der Waals surface area contributed by atoms with Crippen LogP contribution in [0.5, 0.6) is 0 Å². The van der Waals surface area contributed by atoms with Crippen molar-refractivity contribution in [3.05, 3.63) is 78.1 Å². The van der Waals surface area contributed by atoms with Crippen LogP contribution < -0.4 is 0 Å². The number of aromatic nitrogens is 2. The van der Waals surface area contributed by atoms with Crippen molar-refractivity contribution < 1.29 is 5.11 Å². The lowest BCUT2D eigenvalue weighted by atomic mass is 10.1. The summed E-state index contributed by atoms with van der Waals surface area (Å²) < 4.78 is 1.94. The molecule has 1 aromatic heterocycles. The fourth-order valence-corrected chi connectivity index (χ4v) is 3.01. The molecule has 106 valence electrons. The van der Waals surface area contributed by atoms with Crippen LogP contribution in [0.1, 0.15) is 17.4 Å². The Kier molecular flexibility index (Phi) is 4.08. The number of hydrogen-bond donors (Lipinski definition) is 1. The molecule has 0 fully saturated rings. The van der Waals surface area contributed by atoms with E-state index in [1.807, 2.05) is 72.3 Å². The molecular formula is C17H16N2OS. The molecule has 21 heavy (non-hydrogen) atoms. The Morgan fingerprint density at radius 2 is 1.62 bits per heavy atom. The van der Waals surface area contributed by atoms with E-state index in [1.54, 1.807) is 18.0 Å². The van der Waals surface area contributed by atoms with Gasteiger partial charge in [-0.3, -0.25) is 0 Å². The highest BCUT2D eigenvalue weighted by Gasteiger charge is 2.16. The van der Waals surface area contributed by atoms with Crippen LogP contribution in [0.3, 0.4) is 0 Å². The van der Waals surface area contributed by atoms with E-state index in [9.17, 15) is 5.11 Å². The van der Waals surface area contributed by atoms with Gasteiger partial charge in [-0.2, -0.15) is 0 Å². The number of nitrogens with zero attached hydrogens (tertiary/aromatic N) is 2.